The summed E-state index contributed by atoms with van der Waals surface area (Å²) in [5, 5.41) is 1.78. The second kappa shape index (κ2) is 13.9. The number of carbonyl (C=O) groups excluding carboxylic acids is 1. The van der Waals surface area contributed by atoms with Crippen molar-refractivity contribution in [1.29, 1.82) is 0 Å². The normalized spacial score (nSPS) is 17.1. The number of hydrogen-bond acceptors (Lipinski definition) is 6. The third-order valence-corrected chi connectivity index (χ3v) is 9.34. The molecule has 1 saturated heterocycles. The monoisotopic (exact) mass is 618 g/mol. The quantitative estimate of drug-likeness (QED) is 0.117. The first kappa shape index (κ1) is 31.5. The van der Waals surface area contributed by atoms with Crippen LogP contribution in [0.15, 0.2) is 78.9 Å². The highest BCUT2D eigenvalue weighted by Gasteiger charge is 2.39. The van der Waals surface area contributed by atoms with E-state index >= 15 is 0 Å². The molecule has 0 aromatic heterocycles. The van der Waals surface area contributed by atoms with Gasteiger partial charge in [-0.15, -0.1) is 0 Å². The zero-order valence-electron chi connectivity index (χ0n) is 27.7. The average Bonchev–Trinajstić information content (AvgIpc) is 3.65. The Bertz CT molecular complexity index is 1690. The summed E-state index contributed by atoms with van der Waals surface area (Å²) < 4.78 is 18.6. The molecule has 46 heavy (non-hydrogen) atoms. The molecule has 4 aromatic rings. The number of hydrogen-bond donors (Lipinski definition) is 0. The first-order chi connectivity index (χ1) is 22.5. The minimum Gasteiger partial charge on any atom is -0.497 e. The molecule has 0 saturated carbocycles. The average molecular weight is 619 g/mol. The Morgan fingerprint density at radius 3 is 2.28 bits per heavy atom. The van der Waals surface area contributed by atoms with Gasteiger partial charge in [-0.3, -0.25) is 0 Å². The third kappa shape index (κ3) is 6.05. The van der Waals surface area contributed by atoms with Gasteiger partial charge < -0.3 is 24.0 Å². The van der Waals surface area contributed by atoms with Crippen molar-refractivity contribution >= 4 is 34.2 Å². The molecule has 0 N–H and O–H groups in total. The van der Waals surface area contributed by atoms with Crippen LogP contribution in [-0.2, 0) is 10.3 Å². The summed E-state index contributed by atoms with van der Waals surface area (Å²) >= 11 is 0. The van der Waals surface area contributed by atoms with Gasteiger partial charge in [0, 0.05) is 59.6 Å². The van der Waals surface area contributed by atoms with E-state index in [1.54, 1.807) is 7.11 Å². The highest BCUT2D eigenvalue weighted by molar-refractivity contribution is 6.04. The Morgan fingerprint density at radius 2 is 1.63 bits per heavy atom. The van der Waals surface area contributed by atoms with Crippen LogP contribution in [0.4, 0.5) is 11.4 Å². The smallest absolute Gasteiger partial charge is 0.338 e. The van der Waals surface area contributed by atoms with Crippen LogP contribution in [0.2, 0.25) is 0 Å². The second-order valence-corrected chi connectivity index (χ2v) is 12.3. The topological polar surface area (TPSA) is 51.2 Å². The van der Waals surface area contributed by atoms with Crippen molar-refractivity contribution in [3.8, 4) is 11.5 Å². The molecule has 6 rings (SSSR count). The van der Waals surface area contributed by atoms with E-state index in [1.165, 1.54) is 24.2 Å². The first-order valence-electron chi connectivity index (χ1n) is 16.9. The Hall–Kier alpha value is -4.45. The Kier molecular flexibility index (Phi) is 9.53. The fourth-order valence-electron chi connectivity index (χ4n) is 6.74. The molecular weight excluding hydrogens is 572 g/mol. The maximum Gasteiger partial charge on any atom is 0.338 e. The van der Waals surface area contributed by atoms with Crippen molar-refractivity contribution in [1.82, 2.24) is 0 Å². The van der Waals surface area contributed by atoms with Gasteiger partial charge in [-0.05, 0) is 92.6 Å². The summed E-state index contributed by atoms with van der Waals surface area (Å²) in [6.45, 7) is 11.0. The number of anilines is 2. The Morgan fingerprint density at radius 1 is 0.913 bits per heavy atom. The molecule has 1 fully saturated rings. The summed E-state index contributed by atoms with van der Waals surface area (Å²) in [4.78, 5) is 18.3. The first-order valence-corrected chi connectivity index (χ1v) is 16.9. The molecule has 4 aromatic carbocycles. The minimum absolute atomic E-state index is 0.335. The van der Waals surface area contributed by atoms with Crippen LogP contribution < -0.4 is 19.3 Å². The lowest BCUT2D eigenvalue weighted by molar-refractivity contribution is 0.0498. The molecule has 2 heterocycles. The molecule has 1 unspecified atom stereocenters. The van der Waals surface area contributed by atoms with Crippen molar-refractivity contribution in [3.63, 3.8) is 0 Å². The summed E-state index contributed by atoms with van der Waals surface area (Å²) in [5.74, 6) is 1.04. The van der Waals surface area contributed by atoms with E-state index in [-0.39, 0.29) is 5.97 Å². The lowest BCUT2D eigenvalue weighted by atomic mass is 9.82. The predicted octanol–water partition coefficient (Wildman–Crippen LogP) is 8.99. The van der Waals surface area contributed by atoms with E-state index in [2.05, 4.69) is 85.2 Å². The molecule has 2 aliphatic rings. The van der Waals surface area contributed by atoms with Crippen molar-refractivity contribution in [2.24, 2.45) is 0 Å². The lowest BCUT2D eigenvalue weighted by Crippen LogP contribution is -2.35. The molecule has 0 amide bonds. The number of benzene rings is 4. The molecule has 0 radical (unpaired) electrons. The van der Waals surface area contributed by atoms with E-state index < -0.39 is 5.60 Å². The number of ether oxygens (including phenoxy) is 3. The zero-order chi connectivity index (χ0) is 32.1. The number of fused-ring (bicyclic) bond motifs is 3. The van der Waals surface area contributed by atoms with Crippen molar-refractivity contribution in [2.45, 2.75) is 58.5 Å². The molecule has 0 bridgehead atoms. The van der Waals surface area contributed by atoms with Gasteiger partial charge in [0.1, 0.15) is 11.5 Å². The third-order valence-electron chi connectivity index (χ3n) is 9.34. The predicted molar refractivity (Wildman–Crippen MR) is 189 cm³/mol. The highest BCUT2D eigenvalue weighted by Crippen LogP contribution is 2.47. The van der Waals surface area contributed by atoms with Crippen LogP contribution >= 0.6 is 0 Å². The van der Waals surface area contributed by atoms with Crippen LogP contribution in [-0.4, -0.2) is 45.9 Å². The number of carbonyl (C=O) groups is 1. The summed E-state index contributed by atoms with van der Waals surface area (Å²) in [6.07, 6.45) is 9.48. The Balaban J connectivity index is 1.50. The van der Waals surface area contributed by atoms with Gasteiger partial charge >= 0.3 is 5.97 Å². The van der Waals surface area contributed by atoms with Crippen molar-refractivity contribution < 1.29 is 19.0 Å². The van der Waals surface area contributed by atoms with Crippen LogP contribution in [0, 0.1) is 0 Å². The molecule has 0 spiro atoms. The van der Waals surface area contributed by atoms with E-state index in [0.29, 0.717) is 17.9 Å². The van der Waals surface area contributed by atoms with E-state index in [0.717, 1.165) is 78.7 Å². The van der Waals surface area contributed by atoms with Crippen LogP contribution in [0.5, 0.6) is 11.5 Å². The fraction of sp³-hybridized carbons (Fsp3) is 0.375. The maximum atomic E-state index is 13.5. The Labute approximate surface area is 273 Å². The molecular formula is C40H46N2O4. The minimum atomic E-state index is -0.919. The van der Waals surface area contributed by atoms with Crippen LogP contribution in [0.3, 0.4) is 0 Å². The molecule has 0 aliphatic carbocycles. The molecule has 240 valence electrons. The van der Waals surface area contributed by atoms with Gasteiger partial charge in [0.25, 0.3) is 0 Å². The van der Waals surface area contributed by atoms with E-state index in [9.17, 15) is 4.79 Å². The highest BCUT2D eigenvalue weighted by atomic mass is 16.5. The number of esters is 1. The number of rotatable bonds is 12. The maximum absolute atomic E-state index is 13.5. The number of nitrogens with zero attached hydrogens (tertiary/aromatic N) is 2. The van der Waals surface area contributed by atoms with Gasteiger partial charge in [-0.2, -0.15) is 0 Å². The van der Waals surface area contributed by atoms with Gasteiger partial charge in [-0.1, -0.05) is 50.6 Å². The van der Waals surface area contributed by atoms with Crippen molar-refractivity contribution in [3.05, 3.63) is 101 Å². The second-order valence-electron chi connectivity index (χ2n) is 12.3. The summed E-state index contributed by atoms with van der Waals surface area (Å²) in [5.41, 5.74) is 4.79. The van der Waals surface area contributed by atoms with Crippen LogP contribution in [0.1, 0.15) is 79.9 Å². The molecule has 1 atom stereocenters. The largest absolute Gasteiger partial charge is 0.497 e. The SMILES string of the molecule is CCCCOC(=O)c1cc2ccc(OC)cc2c2c1C=CC(c1ccc(N(CC)CCC)cc1)(c1ccc(N3CCCC3)cc1)O2. The van der Waals surface area contributed by atoms with Gasteiger partial charge in [-0.25, -0.2) is 4.79 Å². The van der Waals surface area contributed by atoms with Crippen LogP contribution in [0.25, 0.3) is 16.8 Å². The van der Waals surface area contributed by atoms with Crippen molar-refractivity contribution in [2.75, 3.05) is 49.7 Å². The molecule has 6 nitrogen and oxygen atoms in total. The summed E-state index contributed by atoms with van der Waals surface area (Å²) in [7, 11) is 1.67. The molecule has 2 aliphatic heterocycles. The number of unbranched alkanes of at least 4 members (excludes halogenated alkanes) is 1. The standard InChI is InChI=1S/C40H46N2O4/c1-5-8-26-45-39(43)37-27-29-11-20-34(44-4)28-36(29)38-35(37)21-22-40(46-38,30-12-16-32(17-13-30)41(7-3)23-6-2)31-14-18-33(19-15-31)42-24-9-10-25-42/h11-22,27-28H,5-10,23-26H2,1-4H3. The van der Waals surface area contributed by atoms with E-state index in [1.807, 2.05) is 30.3 Å². The zero-order valence-corrected chi connectivity index (χ0v) is 27.7. The van der Waals surface area contributed by atoms with Gasteiger partial charge in [0.2, 0.25) is 0 Å². The summed E-state index contributed by atoms with van der Waals surface area (Å²) in [6, 6.07) is 25.4. The van der Waals surface area contributed by atoms with Gasteiger partial charge in [0.15, 0.2) is 5.60 Å². The lowest BCUT2D eigenvalue weighted by Gasteiger charge is -2.37. The van der Waals surface area contributed by atoms with Gasteiger partial charge in [0.05, 0.1) is 19.3 Å². The molecule has 6 heteroatoms. The fourth-order valence-corrected chi connectivity index (χ4v) is 6.74. The number of methoxy groups -OCH3 is 1. The van der Waals surface area contributed by atoms with E-state index in [4.69, 9.17) is 14.2 Å².